The van der Waals surface area contributed by atoms with E-state index >= 15 is 0 Å². The third-order valence-corrected chi connectivity index (χ3v) is 1.49. The van der Waals surface area contributed by atoms with Gasteiger partial charge in [-0.2, -0.15) is 0 Å². The third-order valence-electron chi connectivity index (χ3n) is 1.49. The van der Waals surface area contributed by atoms with Gasteiger partial charge in [0.15, 0.2) is 0 Å². The zero-order valence-electron chi connectivity index (χ0n) is 6.22. The molecule has 1 fully saturated rings. The van der Waals surface area contributed by atoms with Crippen LogP contribution in [-0.2, 0) is 4.79 Å². The maximum absolute atomic E-state index is 10.7. The van der Waals surface area contributed by atoms with E-state index in [1.807, 2.05) is 0 Å². The van der Waals surface area contributed by atoms with Gasteiger partial charge in [-0.3, -0.25) is 20.2 Å². The summed E-state index contributed by atoms with van der Waals surface area (Å²) >= 11 is 0. The van der Waals surface area contributed by atoms with E-state index in [-0.39, 0.29) is 5.91 Å². The molecule has 0 aromatic heterocycles. The predicted molar refractivity (Wildman–Crippen MR) is 38.5 cm³/mol. The summed E-state index contributed by atoms with van der Waals surface area (Å²) in [5.41, 5.74) is 2.87. The van der Waals surface area contributed by atoms with Gasteiger partial charge in [0, 0.05) is 26.9 Å². The van der Waals surface area contributed by atoms with E-state index in [9.17, 15) is 4.79 Å². The van der Waals surface area contributed by atoms with Crippen molar-refractivity contribution in [3.63, 3.8) is 0 Å². The second kappa shape index (κ2) is 2.68. The number of hydrazine groups is 1. The van der Waals surface area contributed by atoms with Crippen molar-refractivity contribution in [3.05, 3.63) is 0 Å². The monoisotopic (exact) mass is 141 g/mol. The molecule has 0 aliphatic carbocycles. The highest BCUT2D eigenvalue weighted by atomic mass is 16.2. The molecule has 0 saturated carbocycles. The third kappa shape index (κ3) is 1.26. The van der Waals surface area contributed by atoms with E-state index in [0.29, 0.717) is 0 Å². The number of rotatable bonds is 0. The standard InChI is InChI=1S/C6H11N3O/c1-5(10)9-4-3-6(7-2)8-9/h3-4H2,1-2H3,(H,7,8). The molecule has 1 N–H and O–H groups in total. The summed E-state index contributed by atoms with van der Waals surface area (Å²) in [7, 11) is 1.71. The number of hydrogen-bond acceptors (Lipinski definition) is 2. The van der Waals surface area contributed by atoms with E-state index in [2.05, 4.69) is 10.4 Å². The molecule has 0 aromatic rings. The van der Waals surface area contributed by atoms with Gasteiger partial charge in [0.2, 0.25) is 5.91 Å². The van der Waals surface area contributed by atoms with Crippen molar-refractivity contribution < 1.29 is 4.79 Å². The summed E-state index contributed by atoms with van der Waals surface area (Å²) in [6.07, 6.45) is 0.843. The molecule has 10 heavy (non-hydrogen) atoms. The molecular weight excluding hydrogens is 130 g/mol. The molecule has 0 atom stereocenters. The SMILES string of the molecule is CN=C1CCN(C(C)=O)N1. The Morgan fingerprint density at radius 2 is 2.50 bits per heavy atom. The first-order valence-electron chi connectivity index (χ1n) is 3.24. The summed E-state index contributed by atoms with van der Waals surface area (Å²) < 4.78 is 0. The Kier molecular flexibility index (Phi) is 1.89. The van der Waals surface area contributed by atoms with Gasteiger partial charge >= 0.3 is 0 Å². The summed E-state index contributed by atoms with van der Waals surface area (Å²) in [4.78, 5) is 14.6. The number of carbonyl (C=O) groups is 1. The molecule has 1 saturated heterocycles. The quantitative estimate of drug-likeness (QED) is 0.506. The number of nitrogens with one attached hydrogen (secondary N) is 1. The van der Waals surface area contributed by atoms with Crippen LogP contribution in [0.1, 0.15) is 13.3 Å². The zero-order valence-corrected chi connectivity index (χ0v) is 6.22. The zero-order chi connectivity index (χ0) is 7.56. The highest BCUT2D eigenvalue weighted by molar-refractivity contribution is 5.87. The topological polar surface area (TPSA) is 44.7 Å². The summed E-state index contributed by atoms with van der Waals surface area (Å²) in [5.74, 6) is 0.925. The number of amides is 1. The Bertz CT molecular complexity index is 176. The highest BCUT2D eigenvalue weighted by Gasteiger charge is 2.17. The Labute approximate surface area is 59.9 Å². The fourth-order valence-corrected chi connectivity index (χ4v) is 0.883. The maximum atomic E-state index is 10.7. The van der Waals surface area contributed by atoms with Crippen molar-refractivity contribution >= 4 is 11.7 Å². The average molecular weight is 141 g/mol. The fraction of sp³-hybridized carbons (Fsp3) is 0.667. The lowest BCUT2D eigenvalue weighted by Gasteiger charge is -2.11. The first-order chi connectivity index (χ1) is 4.74. The fourth-order valence-electron chi connectivity index (χ4n) is 0.883. The number of amidine groups is 1. The van der Waals surface area contributed by atoms with E-state index in [4.69, 9.17) is 0 Å². The van der Waals surface area contributed by atoms with Crippen molar-refractivity contribution in [2.45, 2.75) is 13.3 Å². The van der Waals surface area contributed by atoms with Gasteiger partial charge in [0.25, 0.3) is 0 Å². The summed E-state index contributed by atoms with van der Waals surface area (Å²) in [5, 5.41) is 1.56. The largest absolute Gasteiger partial charge is 0.283 e. The average Bonchev–Trinajstić information content (AvgIpc) is 2.34. The number of carbonyl (C=O) groups excluding carboxylic acids is 1. The summed E-state index contributed by atoms with van der Waals surface area (Å²) in [6.45, 7) is 2.27. The van der Waals surface area contributed by atoms with Crippen LogP contribution in [0.3, 0.4) is 0 Å². The molecule has 0 spiro atoms. The number of nitrogens with zero attached hydrogens (tertiary/aromatic N) is 2. The lowest BCUT2D eigenvalue weighted by molar-refractivity contribution is -0.129. The highest BCUT2D eigenvalue weighted by Crippen LogP contribution is 1.98. The number of aliphatic imine (C=N–C) groups is 1. The van der Waals surface area contributed by atoms with Gasteiger partial charge in [-0.15, -0.1) is 0 Å². The lowest BCUT2D eigenvalue weighted by Crippen LogP contribution is -2.36. The molecule has 1 aliphatic heterocycles. The van der Waals surface area contributed by atoms with Crippen LogP contribution in [-0.4, -0.2) is 30.3 Å². The molecule has 4 heteroatoms. The molecular formula is C6H11N3O. The van der Waals surface area contributed by atoms with Gasteiger partial charge in [-0.1, -0.05) is 0 Å². The minimum Gasteiger partial charge on any atom is -0.283 e. The van der Waals surface area contributed by atoms with Crippen LogP contribution in [0.25, 0.3) is 0 Å². The molecule has 1 heterocycles. The first kappa shape index (κ1) is 7.05. The van der Waals surface area contributed by atoms with Crippen LogP contribution in [0.15, 0.2) is 4.99 Å². The maximum Gasteiger partial charge on any atom is 0.237 e. The Balaban J connectivity index is 2.51. The van der Waals surface area contributed by atoms with E-state index in [1.165, 1.54) is 6.92 Å². The molecule has 4 nitrogen and oxygen atoms in total. The van der Waals surface area contributed by atoms with E-state index in [0.717, 1.165) is 18.8 Å². The van der Waals surface area contributed by atoms with Gasteiger partial charge in [0.1, 0.15) is 5.84 Å². The van der Waals surface area contributed by atoms with Crippen molar-refractivity contribution in [3.8, 4) is 0 Å². The molecule has 1 amide bonds. The molecule has 0 aromatic carbocycles. The second-order valence-electron chi connectivity index (χ2n) is 2.20. The molecule has 0 radical (unpaired) electrons. The molecule has 0 unspecified atom stereocenters. The van der Waals surface area contributed by atoms with E-state index < -0.39 is 0 Å². The van der Waals surface area contributed by atoms with Crippen LogP contribution < -0.4 is 5.43 Å². The van der Waals surface area contributed by atoms with Gasteiger partial charge < -0.3 is 0 Å². The normalized spacial score (nSPS) is 21.4. The van der Waals surface area contributed by atoms with Gasteiger partial charge in [0.05, 0.1) is 0 Å². The van der Waals surface area contributed by atoms with Crippen molar-refractivity contribution in [1.82, 2.24) is 10.4 Å². The van der Waals surface area contributed by atoms with Crippen LogP contribution in [0.4, 0.5) is 0 Å². The van der Waals surface area contributed by atoms with E-state index in [1.54, 1.807) is 12.1 Å². The molecule has 1 rings (SSSR count). The van der Waals surface area contributed by atoms with Crippen molar-refractivity contribution in [2.24, 2.45) is 4.99 Å². The van der Waals surface area contributed by atoms with Crippen LogP contribution in [0.2, 0.25) is 0 Å². The molecule has 56 valence electrons. The minimum atomic E-state index is 0.0404. The Hall–Kier alpha value is -1.06. The predicted octanol–water partition coefficient (Wildman–Crippen LogP) is -0.228. The first-order valence-corrected chi connectivity index (χ1v) is 3.24. The summed E-state index contributed by atoms with van der Waals surface area (Å²) in [6, 6.07) is 0. The molecule has 1 aliphatic rings. The Morgan fingerprint density at radius 3 is 2.80 bits per heavy atom. The van der Waals surface area contributed by atoms with Crippen LogP contribution in [0.5, 0.6) is 0 Å². The van der Waals surface area contributed by atoms with Crippen molar-refractivity contribution in [2.75, 3.05) is 13.6 Å². The number of hydrogen-bond donors (Lipinski definition) is 1. The lowest BCUT2D eigenvalue weighted by atomic mass is 10.4. The van der Waals surface area contributed by atoms with Crippen LogP contribution in [0, 0.1) is 0 Å². The second-order valence-corrected chi connectivity index (χ2v) is 2.20. The smallest absolute Gasteiger partial charge is 0.237 e. The molecule has 0 bridgehead atoms. The van der Waals surface area contributed by atoms with Gasteiger partial charge in [-0.25, -0.2) is 0 Å². The van der Waals surface area contributed by atoms with Gasteiger partial charge in [-0.05, 0) is 0 Å². The van der Waals surface area contributed by atoms with Crippen LogP contribution >= 0.6 is 0 Å². The van der Waals surface area contributed by atoms with Crippen molar-refractivity contribution in [1.29, 1.82) is 0 Å². The Morgan fingerprint density at radius 1 is 1.80 bits per heavy atom. The minimum absolute atomic E-state index is 0.0404.